The predicted octanol–water partition coefficient (Wildman–Crippen LogP) is 4.53. The minimum Gasteiger partial charge on any atom is -0.349 e. The fraction of sp³-hybridized carbons (Fsp3) is 0.167. The van der Waals surface area contributed by atoms with Crippen LogP contribution < -0.4 is 10.00 Å². The highest BCUT2D eigenvalue weighted by Crippen LogP contribution is 2.27. The van der Waals surface area contributed by atoms with Crippen LogP contribution in [0.4, 0.5) is 0 Å². The summed E-state index contributed by atoms with van der Waals surface area (Å²) in [5.41, 5.74) is 3.42. The molecule has 0 unspecified atom stereocenters. The normalized spacial score (nSPS) is 12.8. The van der Waals surface area contributed by atoms with Gasteiger partial charge in [0.05, 0.1) is 5.56 Å². The number of nitrogens with zero attached hydrogens (tertiary/aromatic N) is 3. The number of tetrazole rings is 1. The standard InChI is InChI=1S/C24H21Cl2N5O/c1-16(28-24(32)21-4-2-3-5-23(21)31-15-27-29-30-31)22(18-8-12-20(26)13-9-18)14-17-6-10-19(25)11-7-17/h2-13,15-16,22H,14H2,1H3,(H,28,32)/p+1/t16-,22+/m1/s1. The summed E-state index contributed by atoms with van der Waals surface area (Å²) in [6.45, 7) is 2.01. The maximum absolute atomic E-state index is 13.2. The molecular formula is C24H22Cl2N5O+. The van der Waals surface area contributed by atoms with Crippen molar-refractivity contribution in [3.05, 3.63) is 106 Å². The van der Waals surface area contributed by atoms with Crippen molar-refractivity contribution in [1.82, 2.24) is 20.8 Å². The number of H-pyrrole nitrogens is 1. The second-order valence-corrected chi connectivity index (χ2v) is 8.44. The first-order valence-electron chi connectivity index (χ1n) is 10.2. The smallest absolute Gasteiger partial charge is 0.293 e. The van der Waals surface area contributed by atoms with Crippen LogP contribution in [0, 0.1) is 0 Å². The Morgan fingerprint density at radius 3 is 2.31 bits per heavy atom. The molecule has 0 saturated heterocycles. The van der Waals surface area contributed by atoms with E-state index in [2.05, 4.69) is 20.8 Å². The molecule has 0 aliphatic heterocycles. The van der Waals surface area contributed by atoms with E-state index in [4.69, 9.17) is 23.2 Å². The van der Waals surface area contributed by atoms with Crippen LogP contribution >= 0.6 is 23.2 Å². The lowest BCUT2D eigenvalue weighted by atomic mass is 9.86. The molecule has 0 saturated carbocycles. The summed E-state index contributed by atoms with van der Waals surface area (Å²) in [6.07, 6.45) is 2.26. The van der Waals surface area contributed by atoms with E-state index in [0.29, 0.717) is 21.3 Å². The van der Waals surface area contributed by atoms with Crippen LogP contribution in [0.25, 0.3) is 5.69 Å². The van der Waals surface area contributed by atoms with Crippen LogP contribution in [-0.4, -0.2) is 27.5 Å². The van der Waals surface area contributed by atoms with Crippen molar-refractivity contribution in [1.29, 1.82) is 0 Å². The lowest BCUT2D eigenvalue weighted by molar-refractivity contribution is -0.660. The number of rotatable bonds is 7. The number of halogens is 2. The van der Waals surface area contributed by atoms with E-state index in [9.17, 15) is 4.79 Å². The molecule has 8 heteroatoms. The summed E-state index contributed by atoms with van der Waals surface area (Å²) in [5, 5.41) is 14.8. The van der Waals surface area contributed by atoms with Gasteiger partial charge < -0.3 is 5.32 Å². The van der Waals surface area contributed by atoms with Gasteiger partial charge in [-0.2, -0.15) is 0 Å². The van der Waals surface area contributed by atoms with Gasteiger partial charge in [-0.25, -0.2) is 0 Å². The molecule has 1 aromatic heterocycles. The largest absolute Gasteiger partial charge is 0.349 e. The highest BCUT2D eigenvalue weighted by Gasteiger charge is 2.24. The lowest BCUT2D eigenvalue weighted by Crippen LogP contribution is -2.41. The monoisotopic (exact) mass is 466 g/mol. The Bertz CT molecular complexity index is 1180. The van der Waals surface area contributed by atoms with Crippen molar-refractivity contribution in [2.24, 2.45) is 0 Å². The van der Waals surface area contributed by atoms with Crippen LogP contribution in [0.15, 0.2) is 79.1 Å². The number of aromatic nitrogens is 4. The average Bonchev–Trinajstić information content (AvgIpc) is 3.34. The van der Waals surface area contributed by atoms with Crippen molar-refractivity contribution in [3.8, 4) is 5.69 Å². The SMILES string of the molecule is C[C@@H](NC(=O)c1ccccc1-[n+]1cnn[nH]1)[C@H](Cc1ccc(Cl)cc1)c1ccc(Cl)cc1. The quantitative estimate of drug-likeness (QED) is 0.392. The topological polar surface area (TPSA) is 74.6 Å². The first kappa shape index (κ1) is 22.0. The Hall–Kier alpha value is -3.22. The summed E-state index contributed by atoms with van der Waals surface area (Å²) >= 11 is 12.2. The van der Waals surface area contributed by atoms with E-state index in [-0.39, 0.29) is 17.9 Å². The van der Waals surface area contributed by atoms with Crippen LogP contribution in [0.1, 0.15) is 34.3 Å². The first-order chi connectivity index (χ1) is 15.5. The maximum atomic E-state index is 13.2. The molecule has 4 rings (SSSR count). The molecule has 0 radical (unpaired) electrons. The number of nitrogens with one attached hydrogen (secondary N) is 2. The molecule has 1 amide bonds. The van der Waals surface area contributed by atoms with Gasteiger partial charge in [0.1, 0.15) is 10.8 Å². The van der Waals surface area contributed by atoms with Crippen molar-refractivity contribution < 1.29 is 9.48 Å². The third-order valence-electron chi connectivity index (χ3n) is 5.41. The summed E-state index contributed by atoms with van der Waals surface area (Å²) in [5.74, 6) is -0.142. The van der Waals surface area contributed by atoms with Gasteiger partial charge in [0, 0.05) is 22.0 Å². The predicted molar refractivity (Wildman–Crippen MR) is 124 cm³/mol. The Morgan fingerprint density at radius 2 is 1.66 bits per heavy atom. The molecule has 0 bridgehead atoms. The molecule has 0 fully saturated rings. The number of amides is 1. The van der Waals surface area contributed by atoms with E-state index >= 15 is 0 Å². The zero-order valence-electron chi connectivity index (χ0n) is 17.4. The van der Waals surface area contributed by atoms with Gasteiger partial charge in [0.2, 0.25) is 0 Å². The molecule has 162 valence electrons. The fourth-order valence-electron chi connectivity index (χ4n) is 3.72. The lowest BCUT2D eigenvalue weighted by Gasteiger charge is -2.26. The van der Waals surface area contributed by atoms with Crippen LogP contribution in [0.2, 0.25) is 10.0 Å². The zero-order valence-corrected chi connectivity index (χ0v) is 18.9. The van der Waals surface area contributed by atoms with Gasteiger partial charge in [-0.1, -0.05) is 64.8 Å². The van der Waals surface area contributed by atoms with E-state index in [1.807, 2.05) is 73.7 Å². The van der Waals surface area contributed by atoms with Crippen molar-refractivity contribution in [2.45, 2.75) is 25.3 Å². The van der Waals surface area contributed by atoms with Crippen LogP contribution in [0.5, 0.6) is 0 Å². The van der Waals surface area contributed by atoms with Crippen LogP contribution in [0.3, 0.4) is 0 Å². The Balaban J connectivity index is 1.60. The maximum Gasteiger partial charge on any atom is 0.293 e. The minimum absolute atomic E-state index is 0.0334. The molecule has 3 aromatic carbocycles. The number of carbonyl (C=O) groups is 1. The Labute approximate surface area is 196 Å². The second kappa shape index (κ2) is 9.94. The van der Waals surface area contributed by atoms with Gasteiger partial charge in [0.25, 0.3) is 12.2 Å². The minimum atomic E-state index is -0.176. The molecule has 6 nitrogen and oxygen atoms in total. The third kappa shape index (κ3) is 5.15. The van der Waals surface area contributed by atoms with Gasteiger partial charge in [-0.15, -0.1) is 4.68 Å². The summed E-state index contributed by atoms with van der Waals surface area (Å²) < 4.78 is 1.60. The van der Waals surface area contributed by atoms with Crippen LogP contribution in [-0.2, 0) is 6.42 Å². The second-order valence-electron chi connectivity index (χ2n) is 7.57. The van der Waals surface area contributed by atoms with Crippen molar-refractivity contribution in [3.63, 3.8) is 0 Å². The molecule has 1 heterocycles. The average molecular weight is 467 g/mol. The zero-order chi connectivity index (χ0) is 22.5. The van der Waals surface area contributed by atoms with E-state index in [1.54, 1.807) is 10.7 Å². The number of benzene rings is 3. The molecule has 4 aromatic rings. The Morgan fingerprint density at radius 1 is 1.00 bits per heavy atom. The molecule has 2 atom stereocenters. The van der Waals surface area contributed by atoms with Crippen molar-refractivity contribution in [2.75, 3.05) is 0 Å². The molecular weight excluding hydrogens is 445 g/mol. The van der Waals surface area contributed by atoms with Crippen molar-refractivity contribution >= 4 is 29.1 Å². The highest BCUT2D eigenvalue weighted by molar-refractivity contribution is 6.30. The number of hydrogen-bond acceptors (Lipinski definition) is 3. The van der Waals surface area contributed by atoms with E-state index in [0.717, 1.165) is 17.5 Å². The number of aromatic amines is 1. The number of carbonyl (C=O) groups excluding carboxylic acids is 1. The van der Waals surface area contributed by atoms with Gasteiger partial charge in [0.15, 0.2) is 5.21 Å². The fourth-order valence-corrected chi connectivity index (χ4v) is 3.97. The molecule has 0 aliphatic carbocycles. The van der Waals surface area contributed by atoms with Gasteiger partial charge in [-0.3, -0.25) is 4.79 Å². The van der Waals surface area contributed by atoms with Gasteiger partial charge in [-0.05, 0) is 60.9 Å². The first-order valence-corrected chi connectivity index (χ1v) is 10.9. The highest BCUT2D eigenvalue weighted by atomic mass is 35.5. The molecule has 0 spiro atoms. The Kier molecular flexibility index (Phi) is 6.83. The van der Waals surface area contributed by atoms with Gasteiger partial charge >= 0.3 is 0 Å². The molecule has 2 N–H and O–H groups in total. The molecule has 0 aliphatic rings. The van der Waals surface area contributed by atoms with E-state index in [1.165, 1.54) is 6.33 Å². The number of hydrogen-bond donors (Lipinski definition) is 2. The third-order valence-corrected chi connectivity index (χ3v) is 5.92. The molecule has 32 heavy (non-hydrogen) atoms. The summed E-state index contributed by atoms with van der Waals surface area (Å²) in [4.78, 5) is 13.2. The summed E-state index contributed by atoms with van der Waals surface area (Å²) in [6, 6.07) is 22.7. The number of para-hydroxylation sites is 1. The van der Waals surface area contributed by atoms with E-state index < -0.39 is 0 Å². The summed E-state index contributed by atoms with van der Waals surface area (Å²) in [7, 11) is 0.